The molecule has 2 unspecified atom stereocenters. The lowest BCUT2D eigenvalue weighted by Gasteiger charge is -2.18. The molecule has 2 atom stereocenters. The lowest BCUT2D eigenvalue weighted by molar-refractivity contribution is 0.0664. The number of aliphatic hydroxyl groups is 1. The Balaban J connectivity index is 1.31. The molecule has 2 aromatic heterocycles. The van der Waals surface area contributed by atoms with Gasteiger partial charge in [0, 0.05) is 17.4 Å². The second-order valence-electron chi connectivity index (χ2n) is 8.07. The molecule has 1 saturated carbocycles. The van der Waals surface area contributed by atoms with E-state index in [-0.39, 0.29) is 5.92 Å². The van der Waals surface area contributed by atoms with Gasteiger partial charge in [0.15, 0.2) is 5.13 Å². The van der Waals surface area contributed by atoms with E-state index >= 15 is 0 Å². The van der Waals surface area contributed by atoms with Crippen molar-refractivity contribution in [3.05, 3.63) is 72.4 Å². The van der Waals surface area contributed by atoms with Crippen molar-refractivity contribution in [1.29, 1.82) is 0 Å². The van der Waals surface area contributed by atoms with Crippen LogP contribution < -0.4 is 10.1 Å². The number of hydrogen-bond acceptors (Lipinski definition) is 6. The molecule has 0 spiro atoms. The SMILES string of the molecule is CC1(O)CCC(c2cccnc2Oc2ccc(Nc3nc4ccccc4s3)cc2)C1. The van der Waals surface area contributed by atoms with E-state index in [4.69, 9.17) is 4.74 Å². The molecule has 0 amide bonds. The average molecular weight is 418 g/mol. The summed E-state index contributed by atoms with van der Waals surface area (Å²) in [4.78, 5) is 9.06. The number of hydrogen-bond donors (Lipinski definition) is 2. The molecule has 4 aromatic rings. The van der Waals surface area contributed by atoms with Gasteiger partial charge in [-0.2, -0.15) is 0 Å². The Morgan fingerprint density at radius 3 is 2.70 bits per heavy atom. The lowest BCUT2D eigenvalue weighted by Crippen LogP contribution is -2.18. The number of thiazole rings is 1. The smallest absolute Gasteiger partial charge is 0.222 e. The third kappa shape index (κ3) is 4.01. The second kappa shape index (κ2) is 7.70. The van der Waals surface area contributed by atoms with Crippen molar-refractivity contribution in [3.63, 3.8) is 0 Å². The Hall–Kier alpha value is -2.96. The number of anilines is 2. The van der Waals surface area contributed by atoms with Gasteiger partial charge in [0.2, 0.25) is 5.88 Å². The minimum absolute atomic E-state index is 0.267. The second-order valence-corrected chi connectivity index (χ2v) is 9.10. The van der Waals surface area contributed by atoms with Crippen molar-refractivity contribution in [2.45, 2.75) is 37.7 Å². The zero-order chi connectivity index (χ0) is 20.6. The summed E-state index contributed by atoms with van der Waals surface area (Å²) < 4.78 is 7.27. The van der Waals surface area contributed by atoms with Crippen LogP contribution in [0.1, 0.15) is 37.7 Å². The van der Waals surface area contributed by atoms with Crippen molar-refractivity contribution >= 4 is 32.4 Å². The first-order valence-electron chi connectivity index (χ1n) is 10.1. The van der Waals surface area contributed by atoms with Crippen LogP contribution in [0.3, 0.4) is 0 Å². The average Bonchev–Trinajstić information content (AvgIpc) is 3.32. The van der Waals surface area contributed by atoms with Crippen LogP contribution in [0.15, 0.2) is 66.9 Å². The number of rotatable bonds is 5. The van der Waals surface area contributed by atoms with Crippen LogP contribution in [0.5, 0.6) is 11.6 Å². The van der Waals surface area contributed by atoms with Crippen LogP contribution in [0.2, 0.25) is 0 Å². The first-order chi connectivity index (χ1) is 14.6. The molecule has 152 valence electrons. The number of pyridine rings is 1. The molecule has 0 aliphatic heterocycles. The molecule has 2 aromatic carbocycles. The van der Waals surface area contributed by atoms with E-state index in [2.05, 4.69) is 27.4 Å². The maximum absolute atomic E-state index is 10.3. The van der Waals surface area contributed by atoms with Crippen molar-refractivity contribution in [1.82, 2.24) is 9.97 Å². The Morgan fingerprint density at radius 2 is 1.93 bits per heavy atom. The normalized spacial score (nSPS) is 21.1. The van der Waals surface area contributed by atoms with E-state index in [1.807, 2.05) is 55.5 Å². The zero-order valence-electron chi connectivity index (χ0n) is 16.7. The summed E-state index contributed by atoms with van der Waals surface area (Å²) in [6.45, 7) is 1.90. The largest absolute Gasteiger partial charge is 0.439 e. The predicted octanol–water partition coefficient (Wildman–Crippen LogP) is 6.25. The fraction of sp³-hybridized carbons (Fsp3) is 0.250. The van der Waals surface area contributed by atoms with Gasteiger partial charge >= 0.3 is 0 Å². The van der Waals surface area contributed by atoms with Gasteiger partial charge in [0.05, 0.1) is 15.8 Å². The quantitative estimate of drug-likeness (QED) is 0.402. The van der Waals surface area contributed by atoms with Crippen molar-refractivity contribution in [2.75, 3.05) is 5.32 Å². The van der Waals surface area contributed by atoms with Gasteiger partial charge in [-0.25, -0.2) is 9.97 Å². The summed E-state index contributed by atoms with van der Waals surface area (Å²) in [5, 5.41) is 14.6. The minimum atomic E-state index is -0.605. The third-order valence-corrected chi connectivity index (χ3v) is 6.52. The number of benzene rings is 2. The van der Waals surface area contributed by atoms with E-state index in [1.165, 1.54) is 0 Å². The van der Waals surface area contributed by atoms with Crippen LogP contribution >= 0.6 is 11.3 Å². The van der Waals surface area contributed by atoms with E-state index in [0.717, 1.165) is 51.6 Å². The Labute approximate surface area is 179 Å². The van der Waals surface area contributed by atoms with Crippen LogP contribution in [0, 0.1) is 0 Å². The highest BCUT2D eigenvalue weighted by molar-refractivity contribution is 7.22. The molecule has 1 aliphatic carbocycles. The number of aromatic nitrogens is 2. The highest BCUT2D eigenvalue weighted by Crippen LogP contribution is 2.43. The molecule has 0 radical (unpaired) electrons. The fourth-order valence-corrected chi connectivity index (χ4v) is 4.94. The topological polar surface area (TPSA) is 67.3 Å². The summed E-state index contributed by atoms with van der Waals surface area (Å²) in [6, 6.07) is 19.9. The number of nitrogens with one attached hydrogen (secondary N) is 1. The summed E-state index contributed by atoms with van der Waals surface area (Å²) >= 11 is 1.63. The van der Waals surface area contributed by atoms with Crippen LogP contribution in [0.4, 0.5) is 10.8 Å². The van der Waals surface area contributed by atoms with Crippen molar-refractivity contribution in [2.24, 2.45) is 0 Å². The number of ether oxygens (including phenoxy) is 1. The van der Waals surface area contributed by atoms with E-state index < -0.39 is 5.60 Å². The molecule has 0 saturated heterocycles. The maximum Gasteiger partial charge on any atom is 0.222 e. The highest BCUT2D eigenvalue weighted by Gasteiger charge is 2.35. The van der Waals surface area contributed by atoms with Crippen LogP contribution in [-0.2, 0) is 0 Å². The molecule has 2 N–H and O–H groups in total. The Kier molecular flexibility index (Phi) is 4.89. The Bertz CT molecular complexity index is 1140. The molecule has 1 aliphatic rings. The van der Waals surface area contributed by atoms with E-state index in [1.54, 1.807) is 17.5 Å². The van der Waals surface area contributed by atoms with Crippen molar-refractivity contribution < 1.29 is 9.84 Å². The monoisotopic (exact) mass is 417 g/mol. The lowest BCUT2D eigenvalue weighted by atomic mass is 9.96. The number of nitrogens with zero attached hydrogens (tertiary/aromatic N) is 2. The van der Waals surface area contributed by atoms with Gasteiger partial charge in [-0.3, -0.25) is 0 Å². The number of fused-ring (bicyclic) bond motifs is 1. The third-order valence-electron chi connectivity index (χ3n) is 5.57. The Morgan fingerprint density at radius 1 is 1.10 bits per heavy atom. The van der Waals surface area contributed by atoms with Gasteiger partial charge in [-0.15, -0.1) is 0 Å². The minimum Gasteiger partial charge on any atom is -0.439 e. The summed E-state index contributed by atoms with van der Waals surface area (Å²) in [5.74, 6) is 1.62. The molecular formula is C24H23N3O2S. The molecule has 2 heterocycles. The standard InChI is InChI=1S/C24H23N3O2S/c1-24(28)13-12-16(15-24)19-5-4-14-25-22(19)29-18-10-8-17(9-11-18)26-23-27-20-6-2-3-7-21(20)30-23/h2-11,14,16,28H,12-13,15H2,1H3,(H,26,27). The zero-order valence-corrected chi connectivity index (χ0v) is 17.5. The molecule has 1 fully saturated rings. The summed E-state index contributed by atoms with van der Waals surface area (Å²) in [5.41, 5.74) is 2.41. The van der Waals surface area contributed by atoms with Gasteiger partial charge in [0.1, 0.15) is 5.75 Å². The van der Waals surface area contributed by atoms with Gasteiger partial charge in [0.25, 0.3) is 0 Å². The summed E-state index contributed by atoms with van der Waals surface area (Å²) in [7, 11) is 0. The van der Waals surface area contributed by atoms with Crippen LogP contribution in [-0.4, -0.2) is 20.7 Å². The van der Waals surface area contributed by atoms with Gasteiger partial charge < -0.3 is 15.2 Å². The van der Waals surface area contributed by atoms with Gasteiger partial charge in [-0.1, -0.05) is 29.5 Å². The summed E-state index contributed by atoms with van der Waals surface area (Å²) in [6.07, 6.45) is 4.23. The fourth-order valence-electron chi connectivity index (χ4n) is 4.05. The van der Waals surface area contributed by atoms with Crippen molar-refractivity contribution in [3.8, 4) is 11.6 Å². The van der Waals surface area contributed by atoms with E-state index in [9.17, 15) is 5.11 Å². The molecule has 30 heavy (non-hydrogen) atoms. The number of para-hydroxylation sites is 1. The maximum atomic E-state index is 10.3. The first-order valence-corrected chi connectivity index (χ1v) is 11.0. The molecule has 5 nitrogen and oxygen atoms in total. The predicted molar refractivity (Wildman–Crippen MR) is 121 cm³/mol. The van der Waals surface area contributed by atoms with Crippen LogP contribution in [0.25, 0.3) is 10.2 Å². The highest BCUT2D eigenvalue weighted by atomic mass is 32.1. The molecular weight excluding hydrogens is 394 g/mol. The molecule has 5 rings (SSSR count). The molecule has 0 bridgehead atoms. The van der Waals surface area contributed by atoms with Gasteiger partial charge in [-0.05, 0) is 74.6 Å². The first kappa shape index (κ1) is 19.0. The van der Waals surface area contributed by atoms with E-state index in [0.29, 0.717) is 5.88 Å². The molecule has 6 heteroatoms.